The number of hydrogen-bond donors (Lipinski definition) is 0. The van der Waals surface area contributed by atoms with Crippen molar-refractivity contribution >= 4 is 28.6 Å². The van der Waals surface area contributed by atoms with E-state index in [0.717, 1.165) is 48.8 Å². The lowest BCUT2D eigenvalue weighted by Gasteiger charge is -2.13. The molecule has 1 aliphatic heterocycles. The van der Waals surface area contributed by atoms with Crippen LogP contribution in [0.1, 0.15) is 42.8 Å². The van der Waals surface area contributed by atoms with Crippen molar-refractivity contribution in [3.63, 3.8) is 0 Å². The van der Waals surface area contributed by atoms with Gasteiger partial charge in [0.1, 0.15) is 11.1 Å². The highest BCUT2D eigenvalue weighted by atomic mass is 32.2. The zero-order chi connectivity index (χ0) is 23.5. The molecule has 8 nitrogen and oxygen atoms in total. The average Bonchev–Trinajstić information content (AvgIpc) is 3.20. The van der Waals surface area contributed by atoms with Crippen LogP contribution >= 0.6 is 11.8 Å². The van der Waals surface area contributed by atoms with Crippen LogP contribution in [-0.2, 0) is 22.5 Å². The van der Waals surface area contributed by atoms with Gasteiger partial charge in [-0.1, -0.05) is 36.8 Å². The number of aromatic nitrogens is 4. The van der Waals surface area contributed by atoms with Crippen molar-refractivity contribution in [3.8, 4) is 11.5 Å². The van der Waals surface area contributed by atoms with Gasteiger partial charge in [-0.15, -0.1) is 10.2 Å². The van der Waals surface area contributed by atoms with Gasteiger partial charge in [0.2, 0.25) is 5.89 Å². The molecule has 2 aromatic heterocycles. The van der Waals surface area contributed by atoms with Crippen molar-refractivity contribution in [3.05, 3.63) is 70.3 Å². The van der Waals surface area contributed by atoms with Gasteiger partial charge in [0, 0.05) is 18.5 Å². The second-order valence-corrected chi connectivity index (χ2v) is 9.12. The predicted octanol–water partition coefficient (Wildman–Crippen LogP) is 4.57. The zero-order valence-corrected chi connectivity index (χ0v) is 19.6. The molecule has 0 radical (unpaired) electrons. The highest BCUT2D eigenvalue weighted by molar-refractivity contribution is 8.00. The number of nitrogens with zero attached hydrogens (tertiary/aromatic N) is 4. The van der Waals surface area contributed by atoms with Crippen LogP contribution in [0, 0.1) is 0 Å². The Bertz CT molecular complexity index is 1380. The third-order valence-electron chi connectivity index (χ3n) is 5.79. The van der Waals surface area contributed by atoms with Gasteiger partial charge in [-0.05, 0) is 55.3 Å². The Morgan fingerprint density at radius 1 is 1.15 bits per heavy atom. The highest BCUT2D eigenvalue weighted by Gasteiger charge is 2.26. The first-order valence-electron chi connectivity index (χ1n) is 11.4. The van der Waals surface area contributed by atoms with E-state index >= 15 is 0 Å². The monoisotopic (exact) mass is 476 g/mol. The van der Waals surface area contributed by atoms with Crippen LogP contribution in [-0.4, -0.2) is 32.3 Å². The van der Waals surface area contributed by atoms with E-state index < -0.39 is 5.25 Å². The molecule has 9 heteroatoms. The van der Waals surface area contributed by atoms with E-state index in [2.05, 4.69) is 10.2 Å². The number of carbonyl (C=O) groups excluding carboxylic acids is 1. The molecule has 4 aromatic rings. The van der Waals surface area contributed by atoms with Gasteiger partial charge in [0.15, 0.2) is 0 Å². The van der Waals surface area contributed by atoms with E-state index in [1.165, 1.54) is 0 Å². The van der Waals surface area contributed by atoms with Crippen LogP contribution in [0.2, 0.25) is 0 Å². The molecule has 0 bridgehead atoms. The maximum Gasteiger partial charge on any atom is 0.324 e. The summed E-state index contributed by atoms with van der Waals surface area (Å²) < 4.78 is 12.9. The Morgan fingerprint density at radius 2 is 2.00 bits per heavy atom. The molecule has 0 N–H and O–H groups in total. The van der Waals surface area contributed by atoms with Crippen molar-refractivity contribution in [2.24, 2.45) is 0 Å². The van der Waals surface area contributed by atoms with Gasteiger partial charge in [-0.2, -0.15) is 0 Å². The van der Waals surface area contributed by atoms with E-state index in [0.29, 0.717) is 28.9 Å². The maximum absolute atomic E-state index is 13.0. The fraction of sp³-hybridized carbons (Fsp3) is 0.320. The summed E-state index contributed by atoms with van der Waals surface area (Å²) in [4.78, 5) is 30.3. The summed E-state index contributed by atoms with van der Waals surface area (Å²) in [7, 11) is 0. The second-order valence-electron chi connectivity index (χ2n) is 8.06. The number of benzene rings is 2. The van der Waals surface area contributed by atoms with Gasteiger partial charge >= 0.3 is 5.97 Å². The van der Waals surface area contributed by atoms with Gasteiger partial charge in [-0.3, -0.25) is 14.2 Å². The summed E-state index contributed by atoms with van der Waals surface area (Å²) in [6.07, 6.45) is 3.93. The van der Waals surface area contributed by atoms with Crippen LogP contribution in [0.15, 0.2) is 63.0 Å². The van der Waals surface area contributed by atoms with Gasteiger partial charge in [0.05, 0.1) is 17.5 Å². The SMILES string of the molecule is CCOC(=O)[C@@H](Sc1nnc(-c2ccc3c(=O)n4c(nc3c2)CCCCC4)o1)c1ccccc1. The van der Waals surface area contributed by atoms with E-state index in [9.17, 15) is 9.59 Å². The van der Waals surface area contributed by atoms with E-state index in [1.807, 2.05) is 36.4 Å². The maximum atomic E-state index is 13.0. The number of carbonyl (C=O) groups is 1. The van der Waals surface area contributed by atoms with Crippen molar-refractivity contribution in [1.29, 1.82) is 0 Å². The third kappa shape index (κ3) is 4.48. The fourth-order valence-electron chi connectivity index (χ4n) is 4.12. The zero-order valence-electron chi connectivity index (χ0n) is 18.8. The Kier molecular flexibility index (Phi) is 6.44. The summed E-state index contributed by atoms with van der Waals surface area (Å²) in [5.41, 5.74) is 2.08. The Balaban J connectivity index is 1.45. The smallest absolute Gasteiger partial charge is 0.324 e. The Hall–Kier alpha value is -3.46. The summed E-state index contributed by atoms with van der Waals surface area (Å²) >= 11 is 1.15. The molecule has 3 heterocycles. The van der Waals surface area contributed by atoms with Crippen LogP contribution < -0.4 is 5.56 Å². The van der Waals surface area contributed by atoms with E-state index in [1.54, 1.807) is 23.6 Å². The molecule has 34 heavy (non-hydrogen) atoms. The topological polar surface area (TPSA) is 100 Å². The second kappa shape index (κ2) is 9.80. The molecule has 0 fully saturated rings. The minimum atomic E-state index is -0.622. The molecular weight excluding hydrogens is 452 g/mol. The van der Waals surface area contributed by atoms with Gasteiger partial charge in [0.25, 0.3) is 10.8 Å². The number of ether oxygens (including phenoxy) is 1. The molecular formula is C25H24N4O4S. The van der Waals surface area contributed by atoms with Gasteiger partial charge < -0.3 is 9.15 Å². The lowest BCUT2D eigenvalue weighted by Crippen LogP contribution is -2.24. The average molecular weight is 477 g/mol. The molecule has 0 aliphatic carbocycles. The Labute approximate surface area is 200 Å². The number of aryl methyl sites for hydroxylation is 1. The molecule has 0 saturated carbocycles. The molecule has 174 valence electrons. The first kappa shape index (κ1) is 22.3. The molecule has 1 atom stereocenters. The molecule has 1 aliphatic rings. The van der Waals surface area contributed by atoms with Crippen molar-refractivity contribution in [2.45, 2.75) is 49.6 Å². The molecule has 0 unspecified atom stereocenters. The number of fused-ring (bicyclic) bond motifs is 2. The number of esters is 1. The lowest BCUT2D eigenvalue weighted by atomic mass is 10.1. The number of hydrogen-bond acceptors (Lipinski definition) is 8. The summed E-state index contributed by atoms with van der Waals surface area (Å²) in [5, 5.41) is 8.52. The number of rotatable bonds is 6. The van der Waals surface area contributed by atoms with Crippen LogP contribution in [0.3, 0.4) is 0 Å². The van der Waals surface area contributed by atoms with Gasteiger partial charge in [-0.25, -0.2) is 4.98 Å². The minimum absolute atomic E-state index is 0.00429. The van der Waals surface area contributed by atoms with Crippen LogP contribution in [0.25, 0.3) is 22.4 Å². The highest BCUT2D eigenvalue weighted by Crippen LogP contribution is 2.36. The predicted molar refractivity (Wildman–Crippen MR) is 129 cm³/mol. The van der Waals surface area contributed by atoms with Crippen LogP contribution in [0.4, 0.5) is 0 Å². The molecule has 2 aromatic carbocycles. The molecule has 0 saturated heterocycles. The van der Waals surface area contributed by atoms with E-state index in [-0.39, 0.29) is 23.4 Å². The standard InChI is InChI=1S/C25H24N4O4S/c1-2-32-24(31)21(16-9-5-3-6-10-16)34-25-28-27-22(33-25)17-12-13-18-19(15-17)26-20-11-7-4-8-14-29(20)23(18)30/h3,5-6,9-10,12-13,15,21H,2,4,7-8,11,14H2,1H3/t21-/m0/s1. The lowest BCUT2D eigenvalue weighted by molar-refractivity contribution is -0.142. The third-order valence-corrected chi connectivity index (χ3v) is 6.86. The fourth-order valence-corrected chi connectivity index (χ4v) is 5.00. The summed E-state index contributed by atoms with van der Waals surface area (Å²) in [6.45, 7) is 2.77. The molecule has 0 spiro atoms. The normalized spacial score (nSPS) is 14.4. The van der Waals surface area contributed by atoms with Crippen molar-refractivity contribution in [2.75, 3.05) is 6.61 Å². The van der Waals surface area contributed by atoms with Crippen LogP contribution in [0.5, 0.6) is 0 Å². The van der Waals surface area contributed by atoms with Crippen molar-refractivity contribution < 1.29 is 13.9 Å². The first-order valence-corrected chi connectivity index (χ1v) is 12.3. The molecule has 0 amide bonds. The minimum Gasteiger partial charge on any atom is -0.465 e. The largest absolute Gasteiger partial charge is 0.465 e. The number of thioether (sulfide) groups is 1. The summed E-state index contributed by atoms with van der Waals surface area (Å²) in [6, 6.07) is 14.7. The van der Waals surface area contributed by atoms with Crippen molar-refractivity contribution in [1.82, 2.24) is 19.7 Å². The first-order chi connectivity index (χ1) is 16.6. The quantitative estimate of drug-likeness (QED) is 0.295. The van der Waals surface area contributed by atoms with E-state index in [4.69, 9.17) is 14.1 Å². The molecule has 5 rings (SSSR count). The summed E-state index contributed by atoms with van der Waals surface area (Å²) in [5.74, 6) is 0.764. The Morgan fingerprint density at radius 3 is 2.82 bits per heavy atom.